The summed E-state index contributed by atoms with van der Waals surface area (Å²) < 4.78 is 6.60. The van der Waals surface area contributed by atoms with E-state index in [-0.39, 0.29) is 11.5 Å². The average Bonchev–Trinajstić information content (AvgIpc) is 2.35. The van der Waals surface area contributed by atoms with Crippen molar-refractivity contribution in [3.8, 4) is 0 Å². The second-order valence-corrected chi connectivity index (χ2v) is 6.04. The first-order valence-corrected chi connectivity index (χ1v) is 7.06. The van der Waals surface area contributed by atoms with Gasteiger partial charge in [-0.3, -0.25) is 0 Å². The zero-order valence-corrected chi connectivity index (χ0v) is 11.4. The van der Waals surface area contributed by atoms with Crippen LogP contribution in [0.4, 0.5) is 0 Å². The quantitative estimate of drug-likeness (QED) is 0.798. The van der Waals surface area contributed by atoms with E-state index in [0.717, 1.165) is 43.4 Å². The van der Waals surface area contributed by atoms with Gasteiger partial charge in [-0.05, 0) is 48.9 Å². The second kappa shape index (κ2) is 4.38. The van der Waals surface area contributed by atoms with Crippen LogP contribution >= 0.6 is 15.9 Å². The predicted octanol–water partition coefficient (Wildman–Crippen LogP) is 2.80. The molecule has 2 aliphatic rings. The number of ether oxygens (including phenoxy) is 1. The number of hydrogen-bond acceptors (Lipinski definition) is 2. The van der Waals surface area contributed by atoms with Crippen LogP contribution < -0.4 is 0 Å². The van der Waals surface area contributed by atoms with E-state index in [1.165, 1.54) is 11.1 Å². The highest BCUT2D eigenvalue weighted by Crippen LogP contribution is 2.45. The molecule has 0 amide bonds. The topological polar surface area (TPSA) is 29.5 Å². The van der Waals surface area contributed by atoms with E-state index < -0.39 is 0 Å². The summed E-state index contributed by atoms with van der Waals surface area (Å²) in [5, 5.41) is 10.4. The van der Waals surface area contributed by atoms with E-state index in [9.17, 15) is 5.11 Å². The molecule has 1 aromatic rings. The molecule has 1 saturated heterocycles. The zero-order chi connectivity index (χ0) is 11.9. The number of fused-ring (bicyclic) bond motifs is 2. The van der Waals surface area contributed by atoms with E-state index in [1.54, 1.807) is 0 Å². The van der Waals surface area contributed by atoms with Crippen molar-refractivity contribution in [1.82, 2.24) is 0 Å². The van der Waals surface area contributed by atoms with Crippen molar-refractivity contribution in [3.05, 3.63) is 33.8 Å². The normalized spacial score (nSPS) is 26.8. The SMILES string of the molecule is OC1CCc2cc(Br)ccc2C12CCOCC2. The van der Waals surface area contributed by atoms with Gasteiger partial charge in [0.1, 0.15) is 0 Å². The van der Waals surface area contributed by atoms with Crippen molar-refractivity contribution >= 4 is 15.9 Å². The molecule has 0 radical (unpaired) electrons. The van der Waals surface area contributed by atoms with E-state index >= 15 is 0 Å². The third kappa shape index (κ3) is 1.85. The number of rotatable bonds is 0. The molecule has 1 fully saturated rings. The Bertz CT molecular complexity index is 424. The summed E-state index contributed by atoms with van der Waals surface area (Å²) in [5.41, 5.74) is 2.70. The van der Waals surface area contributed by atoms with Crippen molar-refractivity contribution in [2.75, 3.05) is 13.2 Å². The first kappa shape index (κ1) is 11.7. The number of aliphatic hydroxyl groups is 1. The summed E-state index contributed by atoms with van der Waals surface area (Å²) in [5.74, 6) is 0. The summed E-state index contributed by atoms with van der Waals surface area (Å²) in [6.07, 6.45) is 3.55. The van der Waals surface area contributed by atoms with Gasteiger partial charge in [0.25, 0.3) is 0 Å². The Kier molecular flexibility index (Phi) is 3.01. The molecule has 1 aliphatic carbocycles. The molecule has 3 rings (SSSR count). The van der Waals surface area contributed by atoms with Crippen LogP contribution in [0, 0.1) is 0 Å². The minimum atomic E-state index is -0.208. The first-order chi connectivity index (χ1) is 8.22. The molecule has 1 aromatic carbocycles. The minimum Gasteiger partial charge on any atom is -0.392 e. The fraction of sp³-hybridized carbons (Fsp3) is 0.571. The van der Waals surface area contributed by atoms with Gasteiger partial charge in [-0.2, -0.15) is 0 Å². The highest BCUT2D eigenvalue weighted by atomic mass is 79.9. The molecule has 3 heteroatoms. The molecule has 1 aliphatic heterocycles. The lowest BCUT2D eigenvalue weighted by Crippen LogP contribution is -2.47. The van der Waals surface area contributed by atoms with Gasteiger partial charge in [0, 0.05) is 23.1 Å². The second-order valence-electron chi connectivity index (χ2n) is 5.12. The molecule has 0 aromatic heterocycles. The molecule has 2 nitrogen and oxygen atoms in total. The number of benzene rings is 1. The minimum absolute atomic E-state index is 0.0491. The molecule has 0 saturated carbocycles. The molecule has 92 valence electrons. The van der Waals surface area contributed by atoms with Gasteiger partial charge in [-0.1, -0.05) is 22.0 Å². The van der Waals surface area contributed by atoms with Gasteiger partial charge in [-0.25, -0.2) is 0 Å². The van der Waals surface area contributed by atoms with Gasteiger partial charge < -0.3 is 9.84 Å². The Morgan fingerprint density at radius 3 is 2.82 bits per heavy atom. The Balaban J connectivity index is 2.09. The average molecular weight is 297 g/mol. The third-order valence-electron chi connectivity index (χ3n) is 4.31. The largest absolute Gasteiger partial charge is 0.392 e. The van der Waals surface area contributed by atoms with Crippen molar-refractivity contribution in [3.63, 3.8) is 0 Å². The van der Waals surface area contributed by atoms with Crippen LogP contribution in [0.3, 0.4) is 0 Å². The van der Waals surface area contributed by atoms with Gasteiger partial charge in [0.2, 0.25) is 0 Å². The van der Waals surface area contributed by atoms with Crippen molar-refractivity contribution < 1.29 is 9.84 Å². The molecule has 1 N–H and O–H groups in total. The third-order valence-corrected chi connectivity index (χ3v) is 4.81. The Labute approximate surface area is 110 Å². The van der Waals surface area contributed by atoms with Crippen LogP contribution in [0.1, 0.15) is 30.4 Å². The highest BCUT2D eigenvalue weighted by molar-refractivity contribution is 9.10. The van der Waals surface area contributed by atoms with Crippen molar-refractivity contribution in [2.45, 2.75) is 37.2 Å². The van der Waals surface area contributed by atoms with E-state index in [0.29, 0.717) is 0 Å². The molecule has 1 atom stereocenters. The van der Waals surface area contributed by atoms with Crippen LogP contribution in [0.5, 0.6) is 0 Å². The lowest BCUT2D eigenvalue weighted by atomic mass is 9.64. The Hall–Kier alpha value is -0.380. The van der Waals surface area contributed by atoms with Crippen LogP contribution in [0.2, 0.25) is 0 Å². The van der Waals surface area contributed by atoms with Crippen LogP contribution in [0.25, 0.3) is 0 Å². The van der Waals surface area contributed by atoms with Gasteiger partial charge in [-0.15, -0.1) is 0 Å². The van der Waals surface area contributed by atoms with Crippen LogP contribution in [-0.4, -0.2) is 24.4 Å². The summed E-state index contributed by atoms with van der Waals surface area (Å²) in [6.45, 7) is 1.54. The highest BCUT2D eigenvalue weighted by Gasteiger charge is 2.44. The standard InChI is InChI=1S/C14H17BrO2/c15-11-2-3-12-10(9-11)1-4-13(16)14(12)5-7-17-8-6-14/h2-3,9,13,16H,1,4-8H2. The summed E-state index contributed by atoms with van der Waals surface area (Å²) in [6, 6.07) is 6.49. The Morgan fingerprint density at radius 1 is 1.29 bits per heavy atom. The van der Waals surface area contributed by atoms with Crippen molar-refractivity contribution in [1.29, 1.82) is 0 Å². The lowest BCUT2D eigenvalue weighted by Gasteiger charge is -2.45. The molecule has 1 unspecified atom stereocenters. The first-order valence-electron chi connectivity index (χ1n) is 6.27. The van der Waals surface area contributed by atoms with Crippen LogP contribution in [0.15, 0.2) is 22.7 Å². The number of halogens is 1. The van der Waals surface area contributed by atoms with E-state index in [4.69, 9.17) is 4.74 Å². The molecule has 0 bridgehead atoms. The maximum absolute atomic E-state index is 10.4. The molecular formula is C14H17BrO2. The summed E-state index contributed by atoms with van der Waals surface area (Å²) in [4.78, 5) is 0. The fourth-order valence-corrected chi connectivity index (χ4v) is 3.75. The van der Waals surface area contributed by atoms with Gasteiger partial charge in [0.15, 0.2) is 0 Å². The number of hydrogen-bond donors (Lipinski definition) is 1. The van der Waals surface area contributed by atoms with E-state index in [1.807, 2.05) is 0 Å². The molecule has 17 heavy (non-hydrogen) atoms. The number of aryl methyl sites for hydroxylation is 1. The smallest absolute Gasteiger partial charge is 0.0641 e. The zero-order valence-electron chi connectivity index (χ0n) is 9.79. The molecular weight excluding hydrogens is 280 g/mol. The maximum Gasteiger partial charge on any atom is 0.0641 e. The monoisotopic (exact) mass is 296 g/mol. The summed E-state index contributed by atoms with van der Waals surface area (Å²) >= 11 is 3.53. The van der Waals surface area contributed by atoms with Crippen LogP contribution in [-0.2, 0) is 16.6 Å². The maximum atomic E-state index is 10.4. The predicted molar refractivity (Wildman–Crippen MR) is 70.2 cm³/mol. The summed E-state index contributed by atoms with van der Waals surface area (Å²) in [7, 11) is 0. The Morgan fingerprint density at radius 2 is 2.06 bits per heavy atom. The fourth-order valence-electron chi connectivity index (χ4n) is 3.34. The molecule has 1 spiro atoms. The number of aliphatic hydroxyl groups excluding tert-OH is 1. The van der Waals surface area contributed by atoms with E-state index in [2.05, 4.69) is 34.1 Å². The van der Waals surface area contributed by atoms with Crippen molar-refractivity contribution in [2.24, 2.45) is 0 Å². The van der Waals surface area contributed by atoms with Gasteiger partial charge in [0.05, 0.1) is 6.10 Å². The lowest BCUT2D eigenvalue weighted by molar-refractivity contribution is -0.0237. The molecule has 1 heterocycles. The van der Waals surface area contributed by atoms with Gasteiger partial charge >= 0.3 is 0 Å².